The number of hydrogen-bond donors (Lipinski definition) is 0. The standard InChI is InChI=1S/C21H12N2O5/c24-19(13-5-4-8-16(11-13)23(27)28)14-9-10-17-18(12-14)21(26)22(20(17)25)15-6-2-1-3-7-15/h1-12H. The fourth-order valence-electron chi connectivity index (χ4n) is 3.12. The molecule has 2 amide bonds. The van der Waals surface area contributed by atoms with E-state index in [1.165, 1.54) is 42.5 Å². The number of ketones is 1. The van der Waals surface area contributed by atoms with Crippen LogP contribution in [0.1, 0.15) is 36.6 Å². The van der Waals surface area contributed by atoms with Crippen LogP contribution < -0.4 is 4.90 Å². The van der Waals surface area contributed by atoms with Gasteiger partial charge in [0.25, 0.3) is 17.5 Å². The Morgan fingerprint density at radius 2 is 1.46 bits per heavy atom. The van der Waals surface area contributed by atoms with E-state index in [-0.39, 0.29) is 27.9 Å². The minimum absolute atomic E-state index is 0.130. The number of nitro groups is 1. The molecule has 0 saturated heterocycles. The average Bonchev–Trinajstić information content (AvgIpc) is 2.98. The molecule has 1 heterocycles. The zero-order chi connectivity index (χ0) is 19.8. The van der Waals surface area contributed by atoms with Crippen molar-refractivity contribution >= 4 is 29.0 Å². The molecule has 28 heavy (non-hydrogen) atoms. The number of para-hydroxylation sites is 1. The van der Waals surface area contributed by atoms with Crippen molar-refractivity contribution in [1.82, 2.24) is 0 Å². The van der Waals surface area contributed by atoms with Gasteiger partial charge in [0.15, 0.2) is 5.78 Å². The van der Waals surface area contributed by atoms with Crippen molar-refractivity contribution in [3.63, 3.8) is 0 Å². The lowest BCUT2D eigenvalue weighted by Gasteiger charge is -2.13. The maximum absolute atomic E-state index is 12.8. The molecule has 0 radical (unpaired) electrons. The number of anilines is 1. The third-order valence-corrected chi connectivity index (χ3v) is 4.48. The highest BCUT2D eigenvalue weighted by Gasteiger charge is 2.37. The van der Waals surface area contributed by atoms with Gasteiger partial charge >= 0.3 is 0 Å². The molecule has 1 aliphatic heterocycles. The third-order valence-electron chi connectivity index (χ3n) is 4.48. The molecule has 3 aromatic rings. The van der Waals surface area contributed by atoms with Crippen LogP contribution in [0, 0.1) is 10.1 Å². The molecule has 0 spiro atoms. The number of nitrogens with zero attached hydrogens (tertiary/aromatic N) is 2. The summed E-state index contributed by atoms with van der Waals surface area (Å²) in [5.74, 6) is -1.44. The molecule has 4 rings (SSSR count). The van der Waals surface area contributed by atoms with Gasteiger partial charge in [-0.3, -0.25) is 24.5 Å². The van der Waals surface area contributed by atoms with Gasteiger partial charge in [-0.05, 0) is 24.3 Å². The molecule has 1 aliphatic rings. The number of fused-ring (bicyclic) bond motifs is 1. The Bertz CT molecular complexity index is 1150. The zero-order valence-electron chi connectivity index (χ0n) is 14.4. The molecule has 0 aliphatic carbocycles. The van der Waals surface area contributed by atoms with E-state index < -0.39 is 22.5 Å². The lowest BCUT2D eigenvalue weighted by molar-refractivity contribution is -0.384. The van der Waals surface area contributed by atoms with Crippen molar-refractivity contribution in [2.75, 3.05) is 4.90 Å². The normalized spacial score (nSPS) is 12.8. The molecule has 136 valence electrons. The van der Waals surface area contributed by atoms with Crippen molar-refractivity contribution < 1.29 is 19.3 Å². The number of carbonyl (C=O) groups excluding carboxylic acids is 3. The van der Waals surface area contributed by atoms with E-state index in [2.05, 4.69) is 0 Å². The summed E-state index contributed by atoms with van der Waals surface area (Å²) in [6, 6.07) is 18.1. The number of amides is 2. The van der Waals surface area contributed by atoms with Crippen LogP contribution in [-0.4, -0.2) is 22.5 Å². The number of non-ortho nitro benzene ring substituents is 1. The third kappa shape index (κ3) is 2.75. The Kier molecular flexibility index (Phi) is 4.04. The van der Waals surface area contributed by atoms with Crippen molar-refractivity contribution in [3.05, 3.63) is 105 Å². The predicted molar refractivity (Wildman–Crippen MR) is 101 cm³/mol. The van der Waals surface area contributed by atoms with E-state index >= 15 is 0 Å². The minimum atomic E-state index is -0.584. The summed E-state index contributed by atoms with van der Waals surface area (Å²) < 4.78 is 0. The summed E-state index contributed by atoms with van der Waals surface area (Å²) >= 11 is 0. The summed E-state index contributed by atoms with van der Waals surface area (Å²) in [4.78, 5) is 49.5. The van der Waals surface area contributed by atoms with E-state index in [1.54, 1.807) is 30.3 Å². The lowest BCUT2D eigenvalue weighted by Crippen LogP contribution is -2.29. The van der Waals surface area contributed by atoms with Gasteiger partial charge in [0.2, 0.25) is 0 Å². The summed E-state index contributed by atoms with van der Waals surface area (Å²) in [5.41, 5.74) is 0.893. The van der Waals surface area contributed by atoms with Gasteiger partial charge in [-0.2, -0.15) is 0 Å². The van der Waals surface area contributed by atoms with Crippen LogP contribution in [0.25, 0.3) is 0 Å². The summed E-state index contributed by atoms with van der Waals surface area (Å²) in [7, 11) is 0. The first-order valence-electron chi connectivity index (χ1n) is 8.34. The SMILES string of the molecule is O=C(c1cccc([N+](=O)[O-])c1)c1ccc2c(c1)C(=O)N(c1ccccc1)C2=O. The van der Waals surface area contributed by atoms with Crippen LogP contribution in [0.2, 0.25) is 0 Å². The van der Waals surface area contributed by atoms with Crippen molar-refractivity contribution in [2.45, 2.75) is 0 Å². The van der Waals surface area contributed by atoms with Gasteiger partial charge < -0.3 is 0 Å². The van der Waals surface area contributed by atoms with E-state index in [4.69, 9.17) is 0 Å². The number of rotatable bonds is 4. The smallest absolute Gasteiger partial charge is 0.270 e. The number of hydrogen-bond acceptors (Lipinski definition) is 5. The molecule has 0 unspecified atom stereocenters. The maximum atomic E-state index is 12.8. The van der Waals surface area contributed by atoms with Gasteiger partial charge in [0.1, 0.15) is 0 Å². The molecule has 0 bridgehead atoms. The summed E-state index contributed by atoms with van der Waals surface area (Å²) in [5, 5.41) is 10.9. The van der Waals surface area contributed by atoms with E-state index in [0.29, 0.717) is 5.69 Å². The fraction of sp³-hybridized carbons (Fsp3) is 0. The Labute approximate surface area is 159 Å². The van der Waals surface area contributed by atoms with Gasteiger partial charge in [-0.15, -0.1) is 0 Å². The number of benzene rings is 3. The van der Waals surface area contributed by atoms with Crippen molar-refractivity contribution in [2.24, 2.45) is 0 Å². The maximum Gasteiger partial charge on any atom is 0.270 e. The number of carbonyl (C=O) groups is 3. The van der Waals surface area contributed by atoms with E-state index in [0.717, 1.165) is 4.90 Å². The van der Waals surface area contributed by atoms with E-state index in [1.807, 2.05) is 0 Å². The Balaban J connectivity index is 1.72. The van der Waals surface area contributed by atoms with Crippen LogP contribution in [-0.2, 0) is 0 Å². The van der Waals surface area contributed by atoms with Crippen LogP contribution in [0.15, 0.2) is 72.8 Å². The van der Waals surface area contributed by atoms with Gasteiger partial charge in [-0.25, -0.2) is 4.90 Å². The minimum Gasteiger partial charge on any atom is -0.289 e. The number of nitro benzene ring substituents is 1. The molecule has 0 atom stereocenters. The zero-order valence-corrected chi connectivity index (χ0v) is 14.4. The molecule has 0 fully saturated rings. The van der Waals surface area contributed by atoms with Crippen LogP contribution >= 0.6 is 0 Å². The number of imide groups is 1. The molecular formula is C21H12N2O5. The summed E-state index contributed by atoms with van der Waals surface area (Å²) in [6.45, 7) is 0. The summed E-state index contributed by atoms with van der Waals surface area (Å²) in [6.07, 6.45) is 0. The lowest BCUT2D eigenvalue weighted by atomic mass is 9.99. The molecule has 3 aromatic carbocycles. The van der Waals surface area contributed by atoms with Gasteiger partial charge in [0, 0.05) is 23.3 Å². The topological polar surface area (TPSA) is 97.6 Å². The van der Waals surface area contributed by atoms with E-state index in [9.17, 15) is 24.5 Å². The molecular weight excluding hydrogens is 360 g/mol. The first kappa shape index (κ1) is 17.3. The monoisotopic (exact) mass is 372 g/mol. The Morgan fingerprint density at radius 1 is 0.786 bits per heavy atom. The largest absolute Gasteiger partial charge is 0.289 e. The van der Waals surface area contributed by atoms with Crippen LogP contribution in [0.3, 0.4) is 0 Å². The van der Waals surface area contributed by atoms with Gasteiger partial charge in [-0.1, -0.05) is 36.4 Å². The first-order chi connectivity index (χ1) is 13.5. The average molecular weight is 372 g/mol. The Morgan fingerprint density at radius 3 is 2.18 bits per heavy atom. The van der Waals surface area contributed by atoms with Crippen LogP contribution in [0.4, 0.5) is 11.4 Å². The fourth-order valence-corrected chi connectivity index (χ4v) is 3.12. The molecule has 7 nitrogen and oxygen atoms in total. The molecule has 0 saturated carbocycles. The highest BCUT2D eigenvalue weighted by Crippen LogP contribution is 2.29. The predicted octanol–water partition coefficient (Wildman–Crippen LogP) is 3.63. The molecule has 0 aromatic heterocycles. The van der Waals surface area contributed by atoms with Crippen LogP contribution in [0.5, 0.6) is 0 Å². The quantitative estimate of drug-likeness (QED) is 0.301. The highest BCUT2D eigenvalue weighted by atomic mass is 16.6. The molecule has 0 N–H and O–H groups in total. The molecule has 7 heteroatoms. The van der Waals surface area contributed by atoms with Crippen molar-refractivity contribution in [3.8, 4) is 0 Å². The highest BCUT2D eigenvalue weighted by molar-refractivity contribution is 6.34. The van der Waals surface area contributed by atoms with Crippen molar-refractivity contribution in [1.29, 1.82) is 0 Å². The Hall–Kier alpha value is -4.13. The second-order valence-electron chi connectivity index (χ2n) is 6.18. The second kappa shape index (κ2) is 6.55. The van der Waals surface area contributed by atoms with Gasteiger partial charge in [0.05, 0.1) is 21.7 Å². The first-order valence-corrected chi connectivity index (χ1v) is 8.34. The second-order valence-corrected chi connectivity index (χ2v) is 6.18.